The zero-order valence-electron chi connectivity index (χ0n) is 13.5. The van der Waals surface area contributed by atoms with Gasteiger partial charge >= 0.3 is 5.97 Å². The molecule has 2 rings (SSSR count). The van der Waals surface area contributed by atoms with E-state index >= 15 is 0 Å². The van der Waals surface area contributed by atoms with Crippen molar-refractivity contribution >= 4 is 23.5 Å². The van der Waals surface area contributed by atoms with Gasteiger partial charge in [-0.05, 0) is 36.6 Å². The van der Waals surface area contributed by atoms with Crippen LogP contribution in [0.25, 0.3) is 0 Å². The second-order valence-electron chi connectivity index (χ2n) is 5.34. The molecule has 1 atom stereocenters. The Balaban J connectivity index is 2.03. The maximum atomic E-state index is 12.5. The van der Waals surface area contributed by atoms with Crippen molar-refractivity contribution < 1.29 is 14.3 Å². The molecule has 0 bridgehead atoms. The van der Waals surface area contributed by atoms with Crippen molar-refractivity contribution in [1.82, 2.24) is 5.32 Å². The van der Waals surface area contributed by atoms with Gasteiger partial charge in [0.15, 0.2) is 0 Å². The average molecular weight is 346 g/mol. The second-order valence-corrected chi connectivity index (χ2v) is 5.78. The molecule has 0 saturated carbocycles. The molecule has 126 valence electrons. The van der Waals surface area contributed by atoms with E-state index in [4.69, 9.17) is 16.3 Å². The molecule has 0 aliphatic rings. The van der Waals surface area contributed by atoms with Crippen molar-refractivity contribution in [2.24, 2.45) is 5.92 Å². The largest absolute Gasteiger partial charge is 0.465 e. The predicted molar refractivity (Wildman–Crippen MR) is 93.6 cm³/mol. The number of rotatable bonds is 7. The molecule has 0 heterocycles. The predicted octanol–water partition coefficient (Wildman–Crippen LogP) is 3.38. The van der Waals surface area contributed by atoms with Crippen LogP contribution < -0.4 is 5.32 Å². The lowest BCUT2D eigenvalue weighted by Crippen LogP contribution is -2.37. The fourth-order valence-electron chi connectivity index (χ4n) is 2.29. The van der Waals surface area contributed by atoms with Gasteiger partial charge in [0.2, 0.25) is 5.91 Å². The summed E-state index contributed by atoms with van der Waals surface area (Å²) in [6.45, 7) is 2.30. The minimum atomic E-state index is -0.861. The van der Waals surface area contributed by atoms with Crippen molar-refractivity contribution in [3.63, 3.8) is 0 Å². The molecule has 0 fully saturated rings. The van der Waals surface area contributed by atoms with Gasteiger partial charge in [-0.25, -0.2) is 0 Å². The molecule has 2 aromatic rings. The number of ether oxygens (including phenoxy) is 1. The third kappa shape index (κ3) is 5.39. The van der Waals surface area contributed by atoms with Gasteiger partial charge in [0.05, 0.1) is 6.61 Å². The van der Waals surface area contributed by atoms with E-state index < -0.39 is 11.9 Å². The summed E-state index contributed by atoms with van der Waals surface area (Å²) in [5.74, 6) is -1.71. The Kier molecular flexibility index (Phi) is 6.82. The smallest absolute Gasteiger partial charge is 0.318 e. The SMILES string of the molecule is CCOC(=O)[C@@H](Cc1ccccc1)C(=O)NCc1ccc(Cl)cc1. The van der Waals surface area contributed by atoms with Crippen LogP contribution >= 0.6 is 11.6 Å². The maximum Gasteiger partial charge on any atom is 0.318 e. The fraction of sp³-hybridized carbons (Fsp3) is 0.263. The van der Waals surface area contributed by atoms with Crippen LogP contribution in [0.4, 0.5) is 0 Å². The number of hydrogen-bond donors (Lipinski definition) is 1. The number of carbonyl (C=O) groups is 2. The third-order valence-electron chi connectivity index (χ3n) is 3.55. The molecule has 24 heavy (non-hydrogen) atoms. The molecule has 0 unspecified atom stereocenters. The third-order valence-corrected chi connectivity index (χ3v) is 3.80. The van der Waals surface area contributed by atoms with Gasteiger partial charge in [0.25, 0.3) is 0 Å². The van der Waals surface area contributed by atoms with Crippen molar-refractivity contribution in [2.75, 3.05) is 6.61 Å². The zero-order valence-corrected chi connectivity index (χ0v) is 14.3. The summed E-state index contributed by atoms with van der Waals surface area (Å²) < 4.78 is 5.05. The van der Waals surface area contributed by atoms with Gasteiger partial charge < -0.3 is 10.1 Å². The first-order valence-corrected chi connectivity index (χ1v) is 8.20. The molecule has 0 spiro atoms. The number of halogens is 1. The van der Waals surface area contributed by atoms with Crippen molar-refractivity contribution in [3.8, 4) is 0 Å². The van der Waals surface area contributed by atoms with Gasteiger partial charge in [-0.15, -0.1) is 0 Å². The molecule has 4 nitrogen and oxygen atoms in total. The van der Waals surface area contributed by atoms with Gasteiger partial charge in [0.1, 0.15) is 5.92 Å². The Morgan fingerprint density at radius 2 is 1.71 bits per heavy atom. The number of nitrogens with one attached hydrogen (secondary N) is 1. The summed E-state index contributed by atoms with van der Waals surface area (Å²) in [6, 6.07) is 16.6. The molecule has 0 saturated heterocycles. The van der Waals surface area contributed by atoms with Crippen LogP contribution in [0.15, 0.2) is 54.6 Å². The summed E-state index contributed by atoms with van der Waals surface area (Å²) >= 11 is 5.84. The van der Waals surface area contributed by atoms with Crippen LogP contribution in [0.3, 0.4) is 0 Å². The summed E-state index contributed by atoms with van der Waals surface area (Å²) in [5, 5.41) is 3.43. The standard InChI is InChI=1S/C19H20ClNO3/c1-2-24-19(23)17(12-14-6-4-3-5-7-14)18(22)21-13-15-8-10-16(20)11-9-15/h3-11,17H,2,12-13H2,1H3,(H,21,22)/t17-/m0/s1. The quantitative estimate of drug-likeness (QED) is 0.618. The summed E-state index contributed by atoms with van der Waals surface area (Å²) in [7, 11) is 0. The van der Waals surface area contributed by atoms with Crippen LogP contribution in [-0.4, -0.2) is 18.5 Å². The van der Waals surface area contributed by atoms with Gasteiger partial charge in [-0.2, -0.15) is 0 Å². The van der Waals surface area contributed by atoms with E-state index in [0.717, 1.165) is 11.1 Å². The van der Waals surface area contributed by atoms with E-state index in [1.54, 1.807) is 19.1 Å². The Morgan fingerprint density at radius 3 is 2.33 bits per heavy atom. The van der Waals surface area contributed by atoms with E-state index in [9.17, 15) is 9.59 Å². The van der Waals surface area contributed by atoms with Gasteiger partial charge in [-0.1, -0.05) is 54.1 Å². The lowest BCUT2D eigenvalue weighted by molar-refractivity contribution is -0.152. The van der Waals surface area contributed by atoms with Crippen molar-refractivity contribution in [1.29, 1.82) is 0 Å². The number of amides is 1. The first kappa shape index (κ1) is 18.0. The molecule has 2 aromatic carbocycles. The fourth-order valence-corrected chi connectivity index (χ4v) is 2.42. The minimum Gasteiger partial charge on any atom is -0.465 e. The van der Waals surface area contributed by atoms with E-state index in [0.29, 0.717) is 18.0 Å². The van der Waals surface area contributed by atoms with Gasteiger partial charge in [-0.3, -0.25) is 9.59 Å². The summed E-state index contributed by atoms with van der Waals surface area (Å²) in [5.41, 5.74) is 1.83. The molecule has 0 aliphatic carbocycles. The molecule has 1 amide bonds. The number of carbonyl (C=O) groups excluding carboxylic acids is 2. The number of esters is 1. The highest BCUT2D eigenvalue weighted by Crippen LogP contribution is 2.13. The van der Waals surface area contributed by atoms with Crippen LogP contribution in [0, 0.1) is 5.92 Å². The normalized spacial score (nSPS) is 11.6. The number of benzene rings is 2. The lowest BCUT2D eigenvalue weighted by Gasteiger charge is -2.16. The highest BCUT2D eigenvalue weighted by Gasteiger charge is 2.28. The Bertz CT molecular complexity index is 671. The van der Waals surface area contributed by atoms with Crippen LogP contribution in [0.1, 0.15) is 18.1 Å². The highest BCUT2D eigenvalue weighted by atomic mass is 35.5. The molecular weight excluding hydrogens is 326 g/mol. The van der Waals surface area contributed by atoms with Crippen LogP contribution in [0.2, 0.25) is 5.02 Å². The van der Waals surface area contributed by atoms with Gasteiger partial charge in [0, 0.05) is 11.6 Å². The topological polar surface area (TPSA) is 55.4 Å². The average Bonchev–Trinajstić information content (AvgIpc) is 2.60. The Labute approximate surface area is 146 Å². The molecule has 0 aliphatic heterocycles. The number of hydrogen-bond acceptors (Lipinski definition) is 3. The molecule has 0 aromatic heterocycles. The maximum absolute atomic E-state index is 12.5. The van der Waals surface area contributed by atoms with E-state index in [1.165, 1.54) is 0 Å². The van der Waals surface area contributed by atoms with Crippen molar-refractivity contribution in [3.05, 3.63) is 70.7 Å². The van der Waals surface area contributed by atoms with Crippen molar-refractivity contribution in [2.45, 2.75) is 19.9 Å². The highest BCUT2D eigenvalue weighted by molar-refractivity contribution is 6.30. The first-order valence-electron chi connectivity index (χ1n) is 7.83. The van der Waals surface area contributed by atoms with E-state index in [1.807, 2.05) is 42.5 Å². The molecule has 0 radical (unpaired) electrons. The van der Waals surface area contributed by atoms with E-state index in [-0.39, 0.29) is 12.5 Å². The lowest BCUT2D eigenvalue weighted by atomic mass is 9.98. The monoisotopic (exact) mass is 345 g/mol. The van der Waals surface area contributed by atoms with Crippen LogP contribution in [-0.2, 0) is 27.3 Å². The molecular formula is C19H20ClNO3. The molecule has 5 heteroatoms. The summed E-state index contributed by atoms with van der Waals surface area (Å²) in [4.78, 5) is 24.6. The second kappa shape index (κ2) is 9.08. The van der Waals surface area contributed by atoms with E-state index in [2.05, 4.69) is 5.32 Å². The summed E-state index contributed by atoms with van der Waals surface area (Å²) in [6.07, 6.45) is 0.312. The first-order chi connectivity index (χ1) is 11.6. The molecule has 1 N–H and O–H groups in total. The Hall–Kier alpha value is -2.33. The van der Waals surface area contributed by atoms with Crippen LogP contribution in [0.5, 0.6) is 0 Å². The zero-order chi connectivity index (χ0) is 17.4. The Morgan fingerprint density at radius 1 is 1.04 bits per heavy atom. The minimum absolute atomic E-state index is 0.245.